The Morgan fingerprint density at radius 3 is 2.47 bits per heavy atom. The Morgan fingerprint density at radius 2 is 2.12 bits per heavy atom. The number of nitrogens with one attached hydrogen (secondary N) is 1. The molecule has 2 aliphatic rings. The lowest BCUT2D eigenvalue weighted by Crippen LogP contribution is -2.56. The molecule has 0 radical (unpaired) electrons. The molecule has 17 heavy (non-hydrogen) atoms. The van der Waals surface area contributed by atoms with Crippen LogP contribution in [-0.2, 0) is 4.74 Å². The standard InChI is InChI=1S/C13H24N2O2/c1-12(2,3)17-11(16)15-13(5-4-6-13)10-7-9(10)8-14/h9-10H,4-8,14H2,1-3H3,(H,15,16). The van der Waals surface area contributed by atoms with Crippen molar-refractivity contribution in [2.75, 3.05) is 6.54 Å². The van der Waals surface area contributed by atoms with Crippen LogP contribution in [0.4, 0.5) is 4.79 Å². The summed E-state index contributed by atoms with van der Waals surface area (Å²) in [5.41, 5.74) is 5.26. The second-order valence-corrected chi connectivity index (χ2v) is 6.47. The summed E-state index contributed by atoms with van der Waals surface area (Å²) < 4.78 is 5.33. The number of carbonyl (C=O) groups is 1. The van der Waals surface area contributed by atoms with Crippen molar-refractivity contribution in [3.63, 3.8) is 0 Å². The number of nitrogens with two attached hydrogens (primary N) is 1. The first-order valence-electron chi connectivity index (χ1n) is 6.57. The van der Waals surface area contributed by atoms with Gasteiger partial charge in [0, 0.05) is 5.54 Å². The van der Waals surface area contributed by atoms with Crippen molar-refractivity contribution in [1.82, 2.24) is 5.32 Å². The summed E-state index contributed by atoms with van der Waals surface area (Å²) in [4.78, 5) is 11.8. The van der Waals surface area contributed by atoms with E-state index >= 15 is 0 Å². The van der Waals surface area contributed by atoms with Crippen LogP contribution in [0.3, 0.4) is 0 Å². The quantitative estimate of drug-likeness (QED) is 0.793. The second kappa shape index (κ2) is 4.16. The maximum atomic E-state index is 11.8. The van der Waals surface area contributed by atoms with Gasteiger partial charge >= 0.3 is 6.09 Å². The molecule has 2 atom stereocenters. The van der Waals surface area contributed by atoms with Crippen molar-refractivity contribution >= 4 is 6.09 Å². The predicted octanol–water partition coefficient (Wildman–Crippen LogP) is 2.03. The van der Waals surface area contributed by atoms with Crippen molar-refractivity contribution < 1.29 is 9.53 Å². The van der Waals surface area contributed by atoms with Gasteiger partial charge in [-0.15, -0.1) is 0 Å². The number of hydrogen-bond donors (Lipinski definition) is 2. The summed E-state index contributed by atoms with van der Waals surface area (Å²) in [5, 5.41) is 3.10. The minimum Gasteiger partial charge on any atom is -0.444 e. The highest BCUT2D eigenvalue weighted by molar-refractivity contribution is 5.69. The fraction of sp³-hybridized carbons (Fsp3) is 0.923. The molecular formula is C13H24N2O2. The zero-order valence-corrected chi connectivity index (χ0v) is 11.1. The van der Waals surface area contributed by atoms with Crippen LogP contribution in [0.1, 0.15) is 46.5 Å². The summed E-state index contributed by atoms with van der Waals surface area (Å²) in [6, 6.07) is 0. The molecule has 0 aromatic heterocycles. The van der Waals surface area contributed by atoms with Crippen LogP contribution in [0.15, 0.2) is 0 Å². The van der Waals surface area contributed by atoms with E-state index in [0.717, 1.165) is 25.8 Å². The number of carbonyl (C=O) groups excluding carboxylic acids is 1. The van der Waals surface area contributed by atoms with Crippen LogP contribution in [0, 0.1) is 11.8 Å². The van der Waals surface area contributed by atoms with E-state index in [9.17, 15) is 4.79 Å². The fourth-order valence-corrected chi connectivity index (χ4v) is 2.84. The summed E-state index contributed by atoms with van der Waals surface area (Å²) >= 11 is 0. The maximum absolute atomic E-state index is 11.8. The lowest BCUT2D eigenvalue weighted by molar-refractivity contribution is 0.0341. The van der Waals surface area contributed by atoms with Crippen LogP contribution < -0.4 is 11.1 Å². The third kappa shape index (κ3) is 2.73. The average Bonchev–Trinajstić information content (AvgIpc) is 2.87. The van der Waals surface area contributed by atoms with E-state index in [1.165, 1.54) is 6.42 Å². The van der Waals surface area contributed by atoms with E-state index in [1.54, 1.807) is 0 Å². The second-order valence-electron chi connectivity index (χ2n) is 6.47. The Hall–Kier alpha value is -0.770. The lowest BCUT2D eigenvalue weighted by Gasteiger charge is -2.43. The molecular weight excluding hydrogens is 216 g/mol. The highest BCUT2D eigenvalue weighted by atomic mass is 16.6. The van der Waals surface area contributed by atoms with Gasteiger partial charge in [0.1, 0.15) is 5.60 Å². The van der Waals surface area contributed by atoms with Gasteiger partial charge in [0.15, 0.2) is 0 Å². The SMILES string of the molecule is CC(C)(C)OC(=O)NC1(C2CC2CN)CCC1. The van der Waals surface area contributed by atoms with Crippen molar-refractivity contribution in [2.24, 2.45) is 17.6 Å². The fourth-order valence-electron chi connectivity index (χ4n) is 2.84. The number of ether oxygens (including phenoxy) is 1. The number of rotatable bonds is 3. The molecule has 0 aliphatic heterocycles. The van der Waals surface area contributed by atoms with Crippen molar-refractivity contribution in [2.45, 2.75) is 57.6 Å². The third-order valence-electron chi connectivity index (χ3n) is 3.93. The van der Waals surface area contributed by atoms with E-state index in [4.69, 9.17) is 10.5 Å². The molecule has 3 N–H and O–H groups in total. The monoisotopic (exact) mass is 240 g/mol. The maximum Gasteiger partial charge on any atom is 0.408 e. The molecule has 0 bridgehead atoms. The van der Waals surface area contributed by atoms with E-state index in [1.807, 2.05) is 20.8 Å². The molecule has 2 saturated carbocycles. The summed E-state index contributed by atoms with van der Waals surface area (Å²) in [5.74, 6) is 1.18. The minimum atomic E-state index is -0.425. The number of alkyl carbamates (subject to hydrolysis) is 1. The van der Waals surface area contributed by atoms with Crippen molar-refractivity contribution in [1.29, 1.82) is 0 Å². The Labute approximate surface area is 103 Å². The molecule has 0 spiro atoms. The van der Waals surface area contributed by atoms with E-state index < -0.39 is 5.60 Å². The number of hydrogen-bond acceptors (Lipinski definition) is 3. The molecule has 2 rings (SSSR count). The van der Waals surface area contributed by atoms with Gasteiger partial charge < -0.3 is 15.8 Å². The molecule has 0 aromatic carbocycles. The Morgan fingerprint density at radius 1 is 1.47 bits per heavy atom. The molecule has 0 heterocycles. The van der Waals surface area contributed by atoms with Crippen LogP contribution in [0.2, 0.25) is 0 Å². The van der Waals surface area contributed by atoms with Gasteiger partial charge in [0.2, 0.25) is 0 Å². The van der Waals surface area contributed by atoms with Crippen LogP contribution in [-0.4, -0.2) is 23.8 Å². The van der Waals surface area contributed by atoms with Gasteiger partial charge in [-0.3, -0.25) is 0 Å². The zero-order chi connectivity index (χ0) is 12.7. The first kappa shape index (κ1) is 12.7. The van der Waals surface area contributed by atoms with Gasteiger partial charge in [-0.2, -0.15) is 0 Å². The molecule has 4 nitrogen and oxygen atoms in total. The average molecular weight is 240 g/mol. The van der Waals surface area contributed by atoms with Crippen LogP contribution in [0.25, 0.3) is 0 Å². The third-order valence-corrected chi connectivity index (χ3v) is 3.93. The van der Waals surface area contributed by atoms with Crippen LogP contribution >= 0.6 is 0 Å². The highest BCUT2D eigenvalue weighted by Gasteiger charge is 2.55. The molecule has 0 saturated heterocycles. The zero-order valence-electron chi connectivity index (χ0n) is 11.1. The molecule has 2 unspecified atom stereocenters. The smallest absolute Gasteiger partial charge is 0.408 e. The summed E-state index contributed by atoms with van der Waals surface area (Å²) in [6.07, 6.45) is 4.23. The van der Waals surface area contributed by atoms with E-state index in [0.29, 0.717) is 11.8 Å². The minimum absolute atomic E-state index is 0.00757. The lowest BCUT2D eigenvalue weighted by atomic mass is 9.72. The summed E-state index contributed by atoms with van der Waals surface area (Å²) in [7, 11) is 0. The highest BCUT2D eigenvalue weighted by Crippen LogP contribution is 2.54. The van der Waals surface area contributed by atoms with Gasteiger partial charge in [0.05, 0.1) is 0 Å². The number of amides is 1. The molecule has 2 aliphatic carbocycles. The van der Waals surface area contributed by atoms with Gasteiger partial charge in [-0.05, 0) is 64.8 Å². The first-order chi connectivity index (χ1) is 7.86. The molecule has 4 heteroatoms. The topological polar surface area (TPSA) is 64.3 Å². The van der Waals surface area contributed by atoms with Crippen LogP contribution in [0.5, 0.6) is 0 Å². The normalized spacial score (nSPS) is 30.4. The van der Waals surface area contributed by atoms with Crippen molar-refractivity contribution in [3.05, 3.63) is 0 Å². The molecule has 2 fully saturated rings. The van der Waals surface area contributed by atoms with Gasteiger partial charge in [-0.25, -0.2) is 4.79 Å². The molecule has 1 amide bonds. The van der Waals surface area contributed by atoms with Gasteiger partial charge in [-0.1, -0.05) is 0 Å². The molecule has 98 valence electrons. The first-order valence-corrected chi connectivity index (χ1v) is 6.57. The largest absolute Gasteiger partial charge is 0.444 e. The molecule has 0 aromatic rings. The Balaban J connectivity index is 1.90. The summed E-state index contributed by atoms with van der Waals surface area (Å²) in [6.45, 7) is 6.40. The van der Waals surface area contributed by atoms with Gasteiger partial charge in [0.25, 0.3) is 0 Å². The Kier molecular flexibility index (Phi) is 3.10. The van der Waals surface area contributed by atoms with E-state index in [2.05, 4.69) is 5.32 Å². The van der Waals surface area contributed by atoms with E-state index in [-0.39, 0.29) is 11.6 Å². The Bertz CT molecular complexity index is 305. The predicted molar refractivity (Wildman–Crippen MR) is 66.6 cm³/mol. The van der Waals surface area contributed by atoms with Crippen molar-refractivity contribution in [3.8, 4) is 0 Å².